The van der Waals surface area contributed by atoms with Crippen molar-refractivity contribution in [1.29, 1.82) is 0 Å². The van der Waals surface area contributed by atoms with Crippen molar-refractivity contribution in [1.82, 2.24) is 14.9 Å². The molecule has 2 aromatic rings. The number of fused-ring (bicyclic) bond motifs is 1. The van der Waals surface area contributed by atoms with Crippen LogP contribution in [-0.2, 0) is 19.5 Å². The number of phenolic OH excluding ortho intramolecular Hbond substituents is 1. The summed E-state index contributed by atoms with van der Waals surface area (Å²) in [6, 6.07) is 5.47. The number of hydrogen-bond acceptors (Lipinski definition) is 5. The first kappa shape index (κ1) is 16.1. The van der Waals surface area contributed by atoms with Crippen LogP contribution in [0.2, 0.25) is 0 Å². The Hall–Kier alpha value is -2.34. The van der Waals surface area contributed by atoms with Crippen molar-refractivity contribution in [2.24, 2.45) is 0 Å². The molecule has 1 aliphatic carbocycles. The van der Waals surface area contributed by atoms with Crippen LogP contribution >= 0.6 is 0 Å². The van der Waals surface area contributed by atoms with E-state index < -0.39 is 0 Å². The summed E-state index contributed by atoms with van der Waals surface area (Å²) in [4.78, 5) is 22.3. The molecule has 0 atom stereocenters. The Morgan fingerprint density at radius 1 is 1.40 bits per heavy atom. The fraction of sp³-hybridized carbons (Fsp3) is 0.474. The van der Waals surface area contributed by atoms with Gasteiger partial charge in [-0.1, -0.05) is 6.07 Å². The average Bonchev–Trinajstić information content (AvgIpc) is 3.43. The van der Waals surface area contributed by atoms with E-state index in [9.17, 15) is 9.90 Å². The number of benzene rings is 1. The van der Waals surface area contributed by atoms with E-state index in [1.165, 1.54) is 0 Å². The third-order valence-electron chi connectivity index (χ3n) is 4.87. The normalized spacial score (nSPS) is 17.3. The van der Waals surface area contributed by atoms with Gasteiger partial charge in [-0.3, -0.25) is 9.69 Å². The van der Waals surface area contributed by atoms with Crippen LogP contribution in [0.4, 0.5) is 0 Å². The predicted molar refractivity (Wildman–Crippen MR) is 93.9 cm³/mol. The first-order valence-electron chi connectivity index (χ1n) is 8.93. The number of rotatable bonds is 5. The average molecular weight is 341 g/mol. The van der Waals surface area contributed by atoms with Gasteiger partial charge in [0.25, 0.3) is 5.56 Å². The molecular weight excluding hydrogens is 318 g/mol. The molecule has 1 fully saturated rings. The molecule has 1 saturated carbocycles. The summed E-state index contributed by atoms with van der Waals surface area (Å²) in [6.07, 6.45) is 2.97. The van der Waals surface area contributed by atoms with Crippen molar-refractivity contribution in [2.45, 2.75) is 45.2 Å². The standard InChI is InChI=1S/C19H23N3O3/c1-2-25-17-9-12(3-6-16(17)23)10-22-8-7-14-15(11-22)20-18(13-4-5-13)21-19(14)24/h3,6,9,13,23H,2,4-5,7-8,10-11H2,1H3,(H,20,21,24). The molecule has 4 rings (SSSR count). The molecule has 0 amide bonds. The number of phenols is 1. The van der Waals surface area contributed by atoms with Gasteiger partial charge in [-0.15, -0.1) is 0 Å². The number of aromatic hydroxyl groups is 1. The van der Waals surface area contributed by atoms with Gasteiger partial charge in [-0.2, -0.15) is 0 Å². The van der Waals surface area contributed by atoms with E-state index in [1.807, 2.05) is 19.1 Å². The Morgan fingerprint density at radius 3 is 3.00 bits per heavy atom. The van der Waals surface area contributed by atoms with E-state index in [2.05, 4.69) is 9.88 Å². The zero-order chi connectivity index (χ0) is 17.4. The molecule has 132 valence electrons. The van der Waals surface area contributed by atoms with Gasteiger partial charge in [0.05, 0.1) is 12.3 Å². The minimum Gasteiger partial charge on any atom is -0.504 e. The lowest BCUT2D eigenvalue weighted by Crippen LogP contribution is -2.35. The summed E-state index contributed by atoms with van der Waals surface area (Å²) >= 11 is 0. The molecule has 2 aliphatic rings. The molecule has 0 spiro atoms. The molecule has 1 aromatic heterocycles. The number of nitrogens with zero attached hydrogens (tertiary/aromatic N) is 2. The summed E-state index contributed by atoms with van der Waals surface area (Å²) in [5, 5.41) is 9.83. The van der Waals surface area contributed by atoms with Crippen molar-refractivity contribution < 1.29 is 9.84 Å². The van der Waals surface area contributed by atoms with E-state index in [4.69, 9.17) is 9.72 Å². The molecule has 0 unspecified atom stereocenters. The largest absolute Gasteiger partial charge is 0.504 e. The summed E-state index contributed by atoms with van der Waals surface area (Å²) in [7, 11) is 0. The van der Waals surface area contributed by atoms with Crippen LogP contribution in [0, 0.1) is 0 Å². The fourth-order valence-electron chi connectivity index (χ4n) is 3.38. The van der Waals surface area contributed by atoms with Crippen molar-refractivity contribution in [2.75, 3.05) is 13.2 Å². The molecule has 1 aromatic carbocycles. The molecule has 2 N–H and O–H groups in total. The fourth-order valence-corrected chi connectivity index (χ4v) is 3.38. The Kier molecular flexibility index (Phi) is 4.21. The van der Waals surface area contributed by atoms with Crippen molar-refractivity contribution >= 4 is 0 Å². The van der Waals surface area contributed by atoms with E-state index in [-0.39, 0.29) is 11.3 Å². The first-order chi connectivity index (χ1) is 12.1. The smallest absolute Gasteiger partial charge is 0.254 e. The number of hydrogen-bond donors (Lipinski definition) is 2. The van der Waals surface area contributed by atoms with Gasteiger partial charge < -0.3 is 14.8 Å². The van der Waals surface area contributed by atoms with Gasteiger partial charge in [0.15, 0.2) is 11.5 Å². The second kappa shape index (κ2) is 6.52. The van der Waals surface area contributed by atoms with Gasteiger partial charge in [0.2, 0.25) is 0 Å². The molecular formula is C19H23N3O3. The lowest BCUT2D eigenvalue weighted by Gasteiger charge is -2.28. The maximum atomic E-state index is 12.3. The highest BCUT2D eigenvalue weighted by molar-refractivity contribution is 5.41. The van der Waals surface area contributed by atoms with Crippen LogP contribution in [0.15, 0.2) is 23.0 Å². The molecule has 0 bridgehead atoms. The number of ether oxygens (including phenoxy) is 1. The molecule has 6 nitrogen and oxygen atoms in total. The lowest BCUT2D eigenvalue weighted by atomic mass is 10.1. The molecule has 2 heterocycles. The van der Waals surface area contributed by atoms with E-state index >= 15 is 0 Å². The number of nitrogens with one attached hydrogen (secondary N) is 1. The number of aromatic amines is 1. The van der Waals surface area contributed by atoms with Gasteiger partial charge in [0, 0.05) is 31.1 Å². The predicted octanol–water partition coefficient (Wildman–Crippen LogP) is 2.31. The van der Waals surface area contributed by atoms with Crippen LogP contribution in [-0.4, -0.2) is 33.1 Å². The van der Waals surface area contributed by atoms with E-state index in [1.54, 1.807) is 6.07 Å². The van der Waals surface area contributed by atoms with Crippen molar-refractivity contribution in [3.05, 3.63) is 51.2 Å². The topological polar surface area (TPSA) is 78.5 Å². The minimum atomic E-state index is 0.0369. The number of H-pyrrole nitrogens is 1. The van der Waals surface area contributed by atoms with Crippen LogP contribution < -0.4 is 10.3 Å². The molecule has 0 radical (unpaired) electrons. The Bertz CT molecular complexity index is 842. The highest BCUT2D eigenvalue weighted by atomic mass is 16.5. The number of aromatic nitrogens is 2. The molecule has 0 saturated heterocycles. The van der Waals surface area contributed by atoms with Gasteiger partial charge in [-0.05, 0) is 43.9 Å². The summed E-state index contributed by atoms with van der Waals surface area (Å²) in [6.45, 7) is 4.67. The third kappa shape index (κ3) is 3.39. The van der Waals surface area contributed by atoms with Gasteiger partial charge in [0.1, 0.15) is 5.82 Å². The Labute approximate surface area is 146 Å². The van der Waals surface area contributed by atoms with E-state index in [0.29, 0.717) is 24.8 Å². The van der Waals surface area contributed by atoms with Crippen molar-refractivity contribution in [3.8, 4) is 11.5 Å². The summed E-state index contributed by atoms with van der Waals surface area (Å²) in [5.74, 6) is 1.98. The monoisotopic (exact) mass is 341 g/mol. The Morgan fingerprint density at radius 2 is 2.24 bits per heavy atom. The second-order valence-electron chi connectivity index (χ2n) is 6.85. The van der Waals surface area contributed by atoms with E-state index in [0.717, 1.165) is 55.0 Å². The third-order valence-corrected chi connectivity index (χ3v) is 4.87. The SMILES string of the molecule is CCOc1cc(CN2CCc3c(nc(C4CC4)[nH]c3=O)C2)ccc1O. The quantitative estimate of drug-likeness (QED) is 0.872. The minimum absolute atomic E-state index is 0.0369. The highest BCUT2D eigenvalue weighted by Gasteiger charge is 2.29. The zero-order valence-electron chi connectivity index (χ0n) is 14.4. The van der Waals surface area contributed by atoms with Gasteiger partial charge >= 0.3 is 0 Å². The lowest BCUT2D eigenvalue weighted by molar-refractivity contribution is 0.239. The zero-order valence-corrected chi connectivity index (χ0v) is 14.4. The summed E-state index contributed by atoms with van der Waals surface area (Å²) in [5.41, 5.74) is 2.87. The maximum Gasteiger partial charge on any atom is 0.254 e. The second-order valence-corrected chi connectivity index (χ2v) is 6.85. The Balaban J connectivity index is 1.52. The van der Waals surface area contributed by atoms with Crippen LogP contribution in [0.3, 0.4) is 0 Å². The highest BCUT2D eigenvalue weighted by Crippen LogP contribution is 2.38. The molecule has 25 heavy (non-hydrogen) atoms. The van der Waals surface area contributed by atoms with Crippen LogP contribution in [0.25, 0.3) is 0 Å². The van der Waals surface area contributed by atoms with Gasteiger partial charge in [-0.25, -0.2) is 4.98 Å². The van der Waals surface area contributed by atoms with Crippen LogP contribution in [0.1, 0.15) is 48.3 Å². The van der Waals surface area contributed by atoms with Crippen LogP contribution in [0.5, 0.6) is 11.5 Å². The first-order valence-corrected chi connectivity index (χ1v) is 8.93. The maximum absolute atomic E-state index is 12.3. The molecule has 1 aliphatic heterocycles. The summed E-state index contributed by atoms with van der Waals surface area (Å²) < 4.78 is 5.46. The molecule has 6 heteroatoms. The van der Waals surface area contributed by atoms with Crippen molar-refractivity contribution in [3.63, 3.8) is 0 Å².